The van der Waals surface area contributed by atoms with Crippen LogP contribution in [0.2, 0.25) is 5.02 Å². The Kier molecular flexibility index (Phi) is 4.39. The second-order valence-electron chi connectivity index (χ2n) is 5.53. The number of rotatable bonds is 4. The predicted molar refractivity (Wildman–Crippen MR) is 83.0 cm³/mol. The molecule has 0 aliphatic carbocycles. The van der Waals surface area contributed by atoms with Gasteiger partial charge in [-0.1, -0.05) is 23.7 Å². The molecule has 118 valence electrons. The predicted octanol–water partition coefficient (Wildman–Crippen LogP) is 2.99. The van der Waals surface area contributed by atoms with E-state index in [0.717, 1.165) is 11.1 Å². The summed E-state index contributed by atoms with van der Waals surface area (Å²) in [6, 6.07) is 7.94. The van der Waals surface area contributed by atoms with Crippen molar-refractivity contribution in [2.45, 2.75) is 19.4 Å². The standard InChI is InChI=1S/C17H14ClFN2O2/c18-14-7-11(3-4-15(14)19)6-13-8-16(22)21(17(13)23)10-12-2-1-5-20-9-12/h1-5,7,9,13H,6,8,10H2. The van der Waals surface area contributed by atoms with E-state index < -0.39 is 11.7 Å². The van der Waals surface area contributed by atoms with Crippen LogP contribution < -0.4 is 0 Å². The quantitative estimate of drug-likeness (QED) is 0.809. The Morgan fingerprint density at radius 3 is 2.78 bits per heavy atom. The summed E-state index contributed by atoms with van der Waals surface area (Å²) < 4.78 is 13.2. The van der Waals surface area contributed by atoms with Crippen LogP contribution in [0.15, 0.2) is 42.7 Å². The number of carbonyl (C=O) groups excluding carboxylic acids is 2. The van der Waals surface area contributed by atoms with E-state index in [1.165, 1.54) is 17.0 Å². The lowest BCUT2D eigenvalue weighted by atomic mass is 9.98. The first-order valence-corrected chi connectivity index (χ1v) is 7.59. The van der Waals surface area contributed by atoms with Gasteiger partial charge in [0.25, 0.3) is 0 Å². The number of hydrogen-bond acceptors (Lipinski definition) is 3. The summed E-state index contributed by atoms with van der Waals surface area (Å²) in [7, 11) is 0. The molecule has 2 aromatic rings. The smallest absolute Gasteiger partial charge is 0.233 e. The molecule has 0 spiro atoms. The molecule has 1 saturated heterocycles. The number of amides is 2. The minimum absolute atomic E-state index is 0.0199. The van der Waals surface area contributed by atoms with Crippen LogP contribution in [0.4, 0.5) is 4.39 Å². The largest absolute Gasteiger partial charge is 0.278 e. The van der Waals surface area contributed by atoms with Gasteiger partial charge >= 0.3 is 0 Å². The van der Waals surface area contributed by atoms with Crippen molar-refractivity contribution in [2.75, 3.05) is 0 Å². The second-order valence-corrected chi connectivity index (χ2v) is 5.94. The van der Waals surface area contributed by atoms with Crippen molar-refractivity contribution < 1.29 is 14.0 Å². The minimum Gasteiger partial charge on any atom is -0.278 e. The molecule has 0 bridgehead atoms. The number of imide groups is 1. The van der Waals surface area contributed by atoms with Gasteiger partial charge in [-0.15, -0.1) is 0 Å². The van der Waals surface area contributed by atoms with Gasteiger partial charge in [0.05, 0.1) is 17.5 Å². The van der Waals surface area contributed by atoms with E-state index >= 15 is 0 Å². The fourth-order valence-corrected chi connectivity index (χ4v) is 2.91. The normalized spacial score (nSPS) is 17.8. The lowest BCUT2D eigenvalue weighted by Gasteiger charge is -2.15. The molecule has 1 aromatic carbocycles. The Balaban J connectivity index is 1.72. The molecule has 6 heteroatoms. The van der Waals surface area contributed by atoms with Gasteiger partial charge in [0.2, 0.25) is 11.8 Å². The third-order valence-electron chi connectivity index (χ3n) is 3.87. The van der Waals surface area contributed by atoms with Crippen LogP contribution >= 0.6 is 11.6 Å². The summed E-state index contributed by atoms with van der Waals surface area (Å²) in [5.74, 6) is -1.33. The Morgan fingerprint density at radius 1 is 1.26 bits per heavy atom. The van der Waals surface area contributed by atoms with Gasteiger partial charge in [-0.2, -0.15) is 0 Å². The first-order valence-electron chi connectivity index (χ1n) is 7.21. The molecule has 2 amide bonds. The van der Waals surface area contributed by atoms with Crippen LogP contribution in [-0.2, 0) is 22.6 Å². The first kappa shape index (κ1) is 15.6. The molecule has 4 nitrogen and oxygen atoms in total. The highest BCUT2D eigenvalue weighted by molar-refractivity contribution is 6.30. The second kappa shape index (κ2) is 6.46. The van der Waals surface area contributed by atoms with E-state index in [1.54, 1.807) is 24.5 Å². The maximum Gasteiger partial charge on any atom is 0.233 e. The topological polar surface area (TPSA) is 50.3 Å². The van der Waals surface area contributed by atoms with Crippen molar-refractivity contribution >= 4 is 23.4 Å². The van der Waals surface area contributed by atoms with Gasteiger partial charge in [0.15, 0.2) is 0 Å². The number of aromatic nitrogens is 1. The lowest BCUT2D eigenvalue weighted by Crippen LogP contribution is -2.30. The molecule has 1 aromatic heterocycles. The van der Waals surface area contributed by atoms with Crippen molar-refractivity contribution in [3.63, 3.8) is 0 Å². The molecule has 1 aliphatic heterocycles. The van der Waals surface area contributed by atoms with Gasteiger partial charge in [0, 0.05) is 18.8 Å². The van der Waals surface area contributed by atoms with Crippen molar-refractivity contribution in [1.29, 1.82) is 0 Å². The van der Waals surface area contributed by atoms with Crippen molar-refractivity contribution in [3.05, 3.63) is 64.7 Å². The number of nitrogens with zero attached hydrogens (tertiary/aromatic N) is 2. The molecular weight excluding hydrogens is 319 g/mol. The van der Waals surface area contributed by atoms with Crippen LogP contribution in [0.5, 0.6) is 0 Å². The van der Waals surface area contributed by atoms with Gasteiger partial charge < -0.3 is 0 Å². The SMILES string of the molecule is O=C1CC(Cc2ccc(F)c(Cl)c2)C(=O)N1Cc1cccnc1. The number of halogens is 2. The molecule has 1 unspecified atom stereocenters. The third kappa shape index (κ3) is 3.40. The summed E-state index contributed by atoms with van der Waals surface area (Å²) in [5.41, 5.74) is 1.55. The Hall–Kier alpha value is -2.27. The molecule has 1 fully saturated rings. The van der Waals surface area contributed by atoms with Crippen molar-refractivity contribution in [2.24, 2.45) is 5.92 Å². The van der Waals surface area contributed by atoms with Crippen LogP contribution in [0.25, 0.3) is 0 Å². The molecular formula is C17H14ClFN2O2. The Morgan fingerprint density at radius 2 is 2.09 bits per heavy atom. The number of likely N-dealkylation sites (tertiary alicyclic amines) is 1. The Bertz CT molecular complexity index is 752. The third-order valence-corrected chi connectivity index (χ3v) is 4.16. The lowest BCUT2D eigenvalue weighted by molar-refractivity contribution is -0.140. The minimum atomic E-state index is -0.498. The summed E-state index contributed by atoms with van der Waals surface area (Å²) >= 11 is 5.76. The summed E-state index contributed by atoms with van der Waals surface area (Å²) in [6.45, 7) is 0.228. The summed E-state index contributed by atoms with van der Waals surface area (Å²) in [4.78, 5) is 29.8. The highest BCUT2D eigenvalue weighted by atomic mass is 35.5. The first-order chi connectivity index (χ1) is 11.0. The zero-order chi connectivity index (χ0) is 16.4. The maximum atomic E-state index is 13.2. The maximum absolute atomic E-state index is 13.2. The molecule has 1 aliphatic rings. The average molecular weight is 333 g/mol. The fourth-order valence-electron chi connectivity index (χ4n) is 2.70. The van der Waals surface area contributed by atoms with E-state index in [2.05, 4.69) is 4.98 Å². The van der Waals surface area contributed by atoms with E-state index in [-0.39, 0.29) is 29.8 Å². The molecule has 2 heterocycles. The average Bonchev–Trinajstić information content (AvgIpc) is 2.80. The Labute approximate surface area is 137 Å². The van der Waals surface area contributed by atoms with E-state index in [0.29, 0.717) is 6.42 Å². The van der Waals surface area contributed by atoms with E-state index in [4.69, 9.17) is 11.6 Å². The van der Waals surface area contributed by atoms with Gasteiger partial charge in [-0.3, -0.25) is 19.5 Å². The van der Waals surface area contributed by atoms with Crippen LogP contribution in [-0.4, -0.2) is 21.7 Å². The van der Waals surface area contributed by atoms with E-state index in [1.807, 2.05) is 6.07 Å². The highest BCUT2D eigenvalue weighted by Gasteiger charge is 2.38. The van der Waals surface area contributed by atoms with Gasteiger partial charge in [0.1, 0.15) is 5.82 Å². The molecule has 0 N–H and O–H groups in total. The molecule has 0 saturated carbocycles. The summed E-state index contributed by atoms with van der Waals surface area (Å²) in [5, 5.41) is 0.0199. The van der Waals surface area contributed by atoms with Crippen LogP contribution in [0.1, 0.15) is 17.5 Å². The van der Waals surface area contributed by atoms with E-state index in [9.17, 15) is 14.0 Å². The number of benzene rings is 1. The van der Waals surface area contributed by atoms with Crippen LogP contribution in [0.3, 0.4) is 0 Å². The van der Waals surface area contributed by atoms with Gasteiger partial charge in [-0.05, 0) is 35.7 Å². The number of pyridine rings is 1. The van der Waals surface area contributed by atoms with Crippen LogP contribution in [0, 0.1) is 11.7 Å². The molecule has 1 atom stereocenters. The molecule has 3 rings (SSSR count). The molecule has 0 radical (unpaired) electrons. The van der Waals surface area contributed by atoms with Crippen molar-refractivity contribution in [3.8, 4) is 0 Å². The number of carbonyl (C=O) groups is 2. The van der Waals surface area contributed by atoms with Gasteiger partial charge in [-0.25, -0.2) is 4.39 Å². The highest BCUT2D eigenvalue weighted by Crippen LogP contribution is 2.26. The monoisotopic (exact) mass is 332 g/mol. The number of hydrogen-bond donors (Lipinski definition) is 0. The molecule has 23 heavy (non-hydrogen) atoms. The zero-order valence-electron chi connectivity index (χ0n) is 12.2. The van der Waals surface area contributed by atoms with Crippen molar-refractivity contribution in [1.82, 2.24) is 9.88 Å². The fraction of sp³-hybridized carbons (Fsp3) is 0.235. The zero-order valence-corrected chi connectivity index (χ0v) is 13.0. The summed E-state index contributed by atoms with van der Waals surface area (Å²) in [6.07, 6.45) is 3.80.